The summed E-state index contributed by atoms with van der Waals surface area (Å²) in [5.41, 5.74) is 5.81. The molecule has 0 unspecified atom stereocenters. The molecule has 0 amide bonds. The number of unbranched alkanes of at least 4 members (excludes halogenated alkanes) is 6. The molecule has 186 valence electrons. The van der Waals surface area contributed by atoms with Crippen LogP contribution in [0, 0.1) is 0 Å². The Morgan fingerprint density at radius 2 is 0.889 bits per heavy atom. The zero-order valence-corrected chi connectivity index (χ0v) is 25.2. The Kier molecular flexibility index (Phi) is 9.05. The van der Waals surface area contributed by atoms with Gasteiger partial charge in [-0.2, -0.15) is 0 Å². The topological polar surface area (TPSA) is 0 Å². The number of rotatable bonds is 12. The van der Waals surface area contributed by atoms with Crippen LogP contribution < -0.4 is 0 Å². The van der Waals surface area contributed by atoms with E-state index in [4.69, 9.17) is 0 Å². The zero-order valence-electron chi connectivity index (χ0n) is 21.8. The molecule has 36 heavy (non-hydrogen) atoms. The van der Waals surface area contributed by atoms with E-state index in [1.165, 1.54) is 106 Å². The Morgan fingerprint density at radius 1 is 0.472 bits per heavy atom. The van der Waals surface area contributed by atoms with Gasteiger partial charge in [0.15, 0.2) is 0 Å². The first-order valence-electron chi connectivity index (χ1n) is 13.9. The Labute approximate surface area is 229 Å². The number of benzene rings is 3. The van der Waals surface area contributed by atoms with E-state index < -0.39 is 0 Å². The summed E-state index contributed by atoms with van der Waals surface area (Å²) in [6.07, 6.45) is 13.1. The van der Waals surface area contributed by atoms with Crippen LogP contribution >= 0.6 is 0 Å². The van der Waals surface area contributed by atoms with Gasteiger partial charge in [-0.15, -0.1) is 0 Å². The molecule has 5 aromatic rings. The third-order valence-electron chi connectivity index (χ3n) is 7.27. The molecule has 3 aromatic carbocycles. The Hall–Kier alpha value is -1.82. The molecule has 2 aromatic heterocycles. The van der Waals surface area contributed by atoms with Crippen molar-refractivity contribution in [2.75, 3.05) is 0 Å². The molecule has 2 heterocycles. The average Bonchev–Trinajstić information content (AvgIpc) is 3.52. The van der Waals surface area contributed by atoms with Crippen LogP contribution in [0.3, 0.4) is 0 Å². The molecule has 2 heteroatoms. The number of fused-ring (bicyclic) bond motifs is 2. The predicted molar refractivity (Wildman–Crippen MR) is 162 cm³/mol. The second-order valence-electron chi connectivity index (χ2n) is 10.2. The molecular formula is C34H38Se2. The van der Waals surface area contributed by atoms with Crippen LogP contribution in [0.2, 0.25) is 0 Å². The van der Waals surface area contributed by atoms with Gasteiger partial charge in [0.1, 0.15) is 0 Å². The van der Waals surface area contributed by atoms with Crippen LogP contribution in [0.1, 0.15) is 76.3 Å². The summed E-state index contributed by atoms with van der Waals surface area (Å²) in [6.45, 7) is 4.56. The monoisotopic (exact) mass is 606 g/mol. The molecule has 0 aliphatic heterocycles. The fraction of sp³-hybridized carbons (Fsp3) is 0.353. The average molecular weight is 605 g/mol. The fourth-order valence-electron chi connectivity index (χ4n) is 5.04. The van der Waals surface area contributed by atoms with Gasteiger partial charge in [0.25, 0.3) is 0 Å². The molecule has 0 N–H and O–H groups in total. The van der Waals surface area contributed by atoms with Crippen LogP contribution in [-0.4, -0.2) is 29.0 Å². The molecule has 0 fully saturated rings. The number of hydrogen-bond donors (Lipinski definition) is 0. The van der Waals surface area contributed by atoms with Gasteiger partial charge in [-0.3, -0.25) is 0 Å². The molecule has 0 radical (unpaired) electrons. The SMILES string of the molecule is CCCCCCc1ccc(-c2cc3cc4[se]c(-c5ccc(CCCCCC)cc5)cc4cc3[se]2)cc1. The number of aryl methyl sites for hydroxylation is 2. The molecule has 0 aliphatic rings. The van der Waals surface area contributed by atoms with E-state index in [0.29, 0.717) is 29.0 Å². The second kappa shape index (κ2) is 12.6. The molecule has 0 bridgehead atoms. The Morgan fingerprint density at radius 3 is 1.28 bits per heavy atom. The summed E-state index contributed by atoms with van der Waals surface area (Å²) in [5, 5.41) is 2.93. The van der Waals surface area contributed by atoms with Gasteiger partial charge in [0.05, 0.1) is 0 Å². The molecule has 0 saturated heterocycles. The first-order valence-corrected chi connectivity index (χ1v) is 17.3. The van der Waals surface area contributed by atoms with Crippen molar-refractivity contribution in [3.63, 3.8) is 0 Å². The van der Waals surface area contributed by atoms with Gasteiger partial charge in [0.2, 0.25) is 0 Å². The van der Waals surface area contributed by atoms with Gasteiger partial charge in [-0.05, 0) is 0 Å². The summed E-state index contributed by atoms with van der Waals surface area (Å²) in [4.78, 5) is 0. The standard InChI is InChI=1S/C34H38Se2/c1-3-5-7-9-11-25-13-17-27(18-14-25)31-21-29-23-34-30(24-33(29)35-31)22-32(36-34)28-19-15-26(16-20-28)12-10-8-6-4-2/h13-24H,3-12H2,1-2H3. The van der Waals surface area contributed by atoms with Gasteiger partial charge < -0.3 is 0 Å². The van der Waals surface area contributed by atoms with E-state index in [9.17, 15) is 0 Å². The third-order valence-corrected chi connectivity index (χ3v) is 12.1. The molecule has 0 nitrogen and oxygen atoms in total. The molecule has 0 atom stereocenters. The Balaban J connectivity index is 1.29. The maximum absolute atomic E-state index is 2.49. The van der Waals surface area contributed by atoms with Crippen molar-refractivity contribution in [3.8, 4) is 20.0 Å². The van der Waals surface area contributed by atoms with Crippen LogP contribution in [-0.2, 0) is 12.8 Å². The fourth-order valence-corrected chi connectivity index (χ4v) is 9.65. The first-order chi connectivity index (χ1) is 17.7. The Bertz CT molecular complexity index is 1230. The van der Waals surface area contributed by atoms with Crippen molar-refractivity contribution in [3.05, 3.63) is 83.9 Å². The van der Waals surface area contributed by atoms with Crippen molar-refractivity contribution >= 4 is 48.3 Å². The molecule has 0 aliphatic carbocycles. The molecule has 5 rings (SSSR count). The normalized spacial score (nSPS) is 11.6. The van der Waals surface area contributed by atoms with E-state index in [1.807, 2.05) is 0 Å². The van der Waals surface area contributed by atoms with E-state index in [2.05, 4.69) is 86.6 Å². The summed E-state index contributed by atoms with van der Waals surface area (Å²) in [7, 11) is 0. The second-order valence-corrected chi connectivity index (χ2v) is 14.7. The van der Waals surface area contributed by atoms with Gasteiger partial charge in [-0.1, -0.05) is 0 Å². The van der Waals surface area contributed by atoms with Crippen molar-refractivity contribution in [2.45, 2.75) is 78.1 Å². The van der Waals surface area contributed by atoms with Gasteiger partial charge in [-0.25, -0.2) is 0 Å². The van der Waals surface area contributed by atoms with E-state index in [-0.39, 0.29) is 0 Å². The zero-order chi connectivity index (χ0) is 24.7. The van der Waals surface area contributed by atoms with Crippen molar-refractivity contribution in [1.82, 2.24) is 0 Å². The summed E-state index contributed by atoms with van der Waals surface area (Å²) in [6, 6.07) is 28.8. The van der Waals surface area contributed by atoms with E-state index >= 15 is 0 Å². The molecular weight excluding hydrogens is 566 g/mol. The predicted octanol–water partition coefficient (Wildman–Crippen LogP) is 9.69. The van der Waals surface area contributed by atoms with Crippen molar-refractivity contribution < 1.29 is 0 Å². The quantitative estimate of drug-likeness (QED) is 0.0983. The third kappa shape index (κ3) is 6.35. The maximum atomic E-state index is 2.49. The van der Waals surface area contributed by atoms with E-state index in [1.54, 1.807) is 8.52 Å². The minimum atomic E-state index is 0.399. The van der Waals surface area contributed by atoms with E-state index in [0.717, 1.165) is 0 Å². The van der Waals surface area contributed by atoms with Crippen molar-refractivity contribution in [1.29, 1.82) is 0 Å². The van der Waals surface area contributed by atoms with Crippen LogP contribution in [0.15, 0.2) is 72.8 Å². The summed E-state index contributed by atoms with van der Waals surface area (Å²) in [5.74, 6) is 0. The van der Waals surface area contributed by atoms with Crippen LogP contribution in [0.25, 0.3) is 39.3 Å². The van der Waals surface area contributed by atoms with Crippen LogP contribution in [0.4, 0.5) is 0 Å². The first kappa shape index (κ1) is 25.8. The van der Waals surface area contributed by atoms with Crippen molar-refractivity contribution in [2.24, 2.45) is 0 Å². The molecule has 0 saturated carbocycles. The summed E-state index contributed by atoms with van der Waals surface area (Å²) < 4.78 is 6.17. The summed E-state index contributed by atoms with van der Waals surface area (Å²) >= 11 is 0.798. The van der Waals surface area contributed by atoms with Gasteiger partial charge >= 0.3 is 230 Å². The van der Waals surface area contributed by atoms with Crippen LogP contribution in [0.5, 0.6) is 0 Å². The number of hydrogen-bond acceptors (Lipinski definition) is 0. The molecule has 0 spiro atoms. The minimum absolute atomic E-state index is 0.399. The van der Waals surface area contributed by atoms with Gasteiger partial charge in [0, 0.05) is 0 Å².